The number of rotatable bonds is 4. The molecule has 4 heterocycles. The van der Waals surface area contributed by atoms with E-state index in [1.165, 1.54) is 4.57 Å². The molecule has 16 aromatic carbocycles. The van der Waals surface area contributed by atoms with Crippen molar-refractivity contribution in [3.05, 3.63) is 453 Å². The molecule has 0 radical (unpaired) electrons. The number of aryl methyl sites for hydroxylation is 4. The van der Waals surface area contributed by atoms with Gasteiger partial charge in [-0.05, 0) is 181 Å². The first kappa shape index (κ1) is 51.2. The number of aromatic nitrogens is 4. The van der Waals surface area contributed by atoms with Gasteiger partial charge in [-0.15, -0.1) is 0 Å². The molecular formula is C126H128N4. The maximum atomic E-state index is 9.29. The Labute approximate surface area is 831 Å². The molecule has 4 heteroatoms. The van der Waals surface area contributed by atoms with Gasteiger partial charge in [-0.3, -0.25) is 0 Å². The monoisotopic (exact) mass is 1740 g/mol. The van der Waals surface area contributed by atoms with Crippen LogP contribution in [0.25, 0.3) is 109 Å². The number of benzene rings is 16. The van der Waals surface area contributed by atoms with Crippen LogP contribution in [0.1, 0.15) is 260 Å². The lowest BCUT2D eigenvalue weighted by Crippen LogP contribution is -2.28. The van der Waals surface area contributed by atoms with Gasteiger partial charge in [-0.1, -0.05) is 451 Å². The summed E-state index contributed by atoms with van der Waals surface area (Å²) in [6, 6.07) is 29.6. The summed E-state index contributed by atoms with van der Waals surface area (Å²) >= 11 is 0. The summed E-state index contributed by atoms with van der Waals surface area (Å²) in [5.74, 6) is 0. The number of fused-ring (bicyclic) bond motifs is 18. The molecule has 0 aliphatic heterocycles. The lowest BCUT2D eigenvalue weighted by atomic mass is 9.67. The summed E-state index contributed by atoms with van der Waals surface area (Å²) in [4.78, 5) is 0. The lowest BCUT2D eigenvalue weighted by molar-refractivity contribution is 0.590. The van der Waals surface area contributed by atoms with Gasteiger partial charge in [0.15, 0.2) is 0 Å². The van der Waals surface area contributed by atoms with Crippen molar-refractivity contribution in [1.82, 2.24) is 18.3 Å². The molecule has 0 N–H and O–H groups in total. The second kappa shape index (κ2) is 34.3. The second-order valence-corrected chi connectivity index (χ2v) is 39.0. The average Bonchev–Trinajstić information content (AvgIpc) is 1.50. The van der Waals surface area contributed by atoms with Crippen LogP contribution in [0.15, 0.2) is 375 Å². The van der Waals surface area contributed by atoms with Gasteiger partial charge in [0.25, 0.3) is 0 Å². The molecule has 0 fully saturated rings. The number of para-hydroxylation sites is 5. The summed E-state index contributed by atoms with van der Waals surface area (Å²) in [5, 5.41) is 2.35. The van der Waals surface area contributed by atoms with Crippen LogP contribution >= 0.6 is 0 Å². The van der Waals surface area contributed by atoms with Crippen LogP contribution in [0.3, 0.4) is 0 Å². The third-order valence-corrected chi connectivity index (χ3v) is 24.0. The standard InChI is InChI=1S/2C29H26.4C17H19N/c1-28(2,3)25-19-12-20-26-27(25)23-17-10-11-18-24(23)29(26,21-13-6-4-7-14-21)22-15-8-5-9-16-22;1-28(2,3)23-18-19-27-25(20-23)24-16-10-11-17-26(24)29(27,21-12-6-4-7-13-21)22-14-8-5-9-15-22;1-17(2,3)14-10-7-9-13-12-8-5-6-11-15(12)18(4)16(13)14;1-17(2,3)13-9-7-11-15-16(13)12-8-5-6-10-14(12)18(15)4;1-17(2,3)12-9-10-16-14(11-12)13-7-5-6-8-15(13)18(16)4;1-17(2,3)12-9-10-14-13-7-5-6-8-15(13)18(4)16(14)11-12/h2*4-20H,1-3H3;4*5-11H,1-4H3/i10D,11D,12D,17D,18D,19D,20D;10D,11D,16D,17D,18D,19D,20D;4*5D,6D,7D,8D,9D,10D,11D. The third kappa shape index (κ3) is 15.9. The van der Waals surface area contributed by atoms with Crippen molar-refractivity contribution in [2.75, 3.05) is 0 Å². The van der Waals surface area contributed by atoms with E-state index < -0.39 is 43.3 Å². The molecule has 0 spiro atoms. The van der Waals surface area contributed by atoms with E-state index in [9.17, 15) is 4.11 Å². The summed E-state index contributed by atoms with van der Waals surface area (Å²) in [6.07, 6.45) is 0. The topological polar surface area (TPSA) is 19.7 Å². The molecule has 4 aromatic heterocycles. The Bertz CT molecular complexity index is 10100. The number of hydrogen-bond donors (Lipinski definition) is 0. The van der Waals surface area contributed by atoms with Gasteiger partial charge in [0.05, 0.1) is 73.9 Å². The zero-order valence-corrected chi connectivity index (χ0v) is 77.3. The largest absolute Gasteiger partial charge is 0.344 e. The molecule has 0 saturated carbocycles. The first-order chi connectivity index (χ1) is 79.5. The number of hydrogen-bond acceptors (Lipinski definition) is 0. The van der Waals surface area contributed by atoms with Gasteiger partial charge in [0.1, 0.15) is 0 Å². The fraction of sp³-hybridized carbons (Fsp3) is 0.238. The van der Waals surface area contributed by atoms with Gasteiger partial charge < -0.3 is 18.3 Å². The summed E-state index contributed by atoms with van der Waals surface area (Å²) in [7, 11) is 6.57. The first-order valence-electron chi connectivity index (χ1n) is 64.2. The van der Waals surface area contributed by atoms with Crippen molar-refractivity contribution in [2.24, 2.45) is 28.2 Å². The molecule has 4 nitrogen and oxygen atoms in total. The Kier molecular flexibility index (Phi) is 13.5. The minimum atomic E-state index is -1.29. The van der Waals surface area contributed by atoms with Crippen LogP contribution in [0, 0.1) is 0 Å². The van der Waals surface area contributed by atoms with E-state index in [0.29, 0.717) is 127 Å². The van der Waals surface area contributed by atoms with Crippen LogP contribution < -0.4 is 0 Å². The van der Waals surface area contributed by atoms with Gasteiger partial charge in [-0.25, -0.2) is 0 Å². The van der Waals surface area contributed by atoms with Crippen molar-refractivity contribution in [1.29, 1.82) is 0 Å². The molecule has 130 heavy (non-hydrogen) atoms. The van der Waals surface area contributed by atoms with Crippen molar-refractivity contribution in [3.63, 3.8) is 0 Å². The second-order valence-electron chi connectivity index (χ2n) is 39.0. The fourth-order valence-electron chi connectivity index (χ4n) is 17.5. The fourth-order valence-corrected chi connectivity index (χ4v) is 17.5. The predicted molar refractivity (Wildman–Crippen MR) is 561 cm³/mol. The van der Waals surface area contributed by atoms with Crippen molar-refractivity contribution in [3.8, 4) is 22.3 Å². The first-order valence-corrected chi connectivity index (χ1v) is 43.2. The van der Waals surface area contributed by atoms with Crippen LogP contribution in [0.4, 0.5) is 0 Å². The third-order valence-electron chi connectivity index (χ3n) is 24.0. The molecule has 22 rings (SSSR count). The maximum Gasteiger partial charge on any atom is 0.0713 e. The molecule has 2 aliphatic rings. The van der Waals surface area contributed by atoms with Crippen LogP contribution in [-0.2, 0) is 71.5 Å². The minimum absolute atomic E-state index is 0.0360. The Morgan fingerprint density at radius 3 is 1.05 bits per heavy atom. The summed E-state index contributed by atoms with van der Waals surface area (Å²) < 4.78 is 361. The van der Waals surface area contributed by atoms with E-state index in [-0.39, 0.29) is 292 Å². The Hall–Kier alpha value is -13.3. The molecule has 20 aromatic rings. The molecule has 2 aliphatic carbocycles. The SMILES string of the molecule is [2H]c1c([2H])c([2H])c2c(c1[2H])-c1c(C(C)(C)C)c([2H])c([2H])c([2H])c1C2(c1ccccc1)c1ccccc1.[2H]c1c([2H])c([2H])c2c(c1[2H])-c1c([2H])c(C(C)(C)C)c([2H])c([2H])c1C2(c1ccccc1)c1ccccc1.[2H]c1c([2H])c([2H])c2c(c1[2H])c1c(C(C)(C)C)c([2H])c([2H])c([2H])c1n2C.[2H]c1c([2H])c([2H])c2c(c1[2H])c1c([2H])c(C(C)(C)C)c([2H])c([2H])c1n2C.[2H]c1c([2H])c([2H])c2c(c1[2H])c1c([2H])c([2H])c(C(C)(C)C)c([2H])c1n2C.[2H]c1c([2H])c([2H])c2c(c1[2H])c1c([2H])c([2H])c([2H])c(C(C)(C)C)c1n2C. The van der Waals surface area contributed by atoms with Crippen molar-refractivity contribution >= 4 is 87.2 Å². The van der Waals surface area contributed by atoms with Gasteiger partial charge in [0, 0.05) is 110 Å². The van der Waals surface area contributed by atoms with Crippen molar-refractivity contribution < 1.29 is 57.6 Å². The van der Waals surface area contributed by atoms with Gasteiger partial charge in [-0.2, -0.15) is 0 Å². The lowest BCUT2D eigenvalue weighted by Gasteiger charge is -2.34. The molecule has 652 valence electrons. The Morgan fingerprint density at radius 2 is 0.538 bits per heavy atom. The highest BCUT2D eigenvalue weighted by Crippen LogP contribution is 2.60. The summed E-state index contributed by atoms with van der Waals surface area (Å²) in [6.45, 7) is 34.1. The zero-order chi connectivity index (χ0) is 128. The van der Waals surface area contributed by atoms with E-state index in [0.717, 1.165) is 22.3 Å². The number of nitrogens with zero attached hydrogens (tertiary/aromatic N) is 4. The highest BCUT2D eigenvalue weighted by Gasteiger charge is 2.49. The van der Waals surface area contributed by atoms with E-state index in [2.05, 4.69) is 0 Å². The molecular weight excluding hydrogens is 1570 g/mol. The molecule has 0 atom stereocenters. The normalized spacial score (nSPS) is 17.8. The molecule has 0 unspecified atom stereocenters. The van der Waals surface area contributed by atoms with Crippen LogP contribution in [0.2, 0.25) is 0 Å². The van der Waals surface area contributed by atoms with E-state index in [1.807, 2.05) is 246 Å². The van der Waals surface area contributed by atoms with Crippen LogP contribution in [-0.4, -0.2) is 18.3 Å². The average molecular weight is 1740 g/mol. The van der Waals surface area contributed by atoms with E-state index in [1.54, 1.807) is 41.9 Å². The molecule has 0 saturated heterocycles. The Morgan fingerprint density at radius 1 is 0.215 bits per heavy atom. The minimum Gasteiger partial charge on any atom is -0.344 e. The highest BCUT2D eigenvalue weighted by atomic mass is 15.0. The van der Waals surface area contributed by atoms with Gasteiger partial charge in [0.2, 0.25) is 0 Å². The van der Waals surface area contributed by atoms with Crippen LogP contribution in [0.5, 0.6) is 0 Å². The van der Waals surface area contributed by atoms with E-state index >= 15 is 0 Å². The van der Waals surface area contributed by atoms with Gasteiger partial charge >= 0.3 is 0 Å². The molecule has 0 amide bonds. The summed E-state index contributed by atoms with van der Waals surface area (Å²) in [5.41, 5.74) is 5.43. The predicted octanol–water partition coefficient (Wildman–Crippen LogP) is 33.2. The maximum absolute atomic E-state index is 9.29. The smallest absolute Gasteiger partial charge is 0.0713 e. The zero-order valence-electron chi connectivity index (χ0n) is 119. The Balaban J connectivity index is 0.000000138. The quantitative estimate of drug-likeness (QED) is 0.167. The van der Waals surface area contributed by atoms with E-state index in [4.69, 9.17) is 53.5 Å². The van der Waals surface area contributed by atoms with Crippen molar-refractivity contribution in [2.45, 2.75) is 168 Å². The highest BCUT2D eigenvalue weighted by molar-refractivity contribution is 6.12. The molecule has 0 bridgehead atoms.